The molecule has 16 heavy (non-hydrogen) atoms. The van der Waals surface area contributed by atoms with Crippen LogP contribution in [0.4, 0.5) is 0 Å². The Labute approximate surface area is 103 Å². The summed E-state index contributed by atoms with van der Waals surface area (Å²) in [5.41, 5.74) is 0. The fourth-order valence-corrected chi connectivity index (χ4v) is 2.07. The van der Waals surface area contributed by atoms with Gasteiger partial charge in [-0.05, 0) is 50.8 Å². The molecule has 0 saturated carbocycles. The molecule has 0 radical (unpaired) electrons. The van der Waals surface area contributed by atoms with Gasteiger partial charge in [0.1, 0.15) is 0 Å². The van der Waals surface area contributed by atoms with Crippen LogP contribution in [0, 0.1) is 0 Å². The van der Waals surface area contributed by atoms with Gasteiger partial charge in [0.05, 0.1) is 0 Å². The van der Waals surface area contributed by atoms with Crippen LogP contribution in [-0.4, -0.2) is 34.4 Å². The van der Waals surface area contributed by atoms with Crippen LogP contribution in [-0.2, 0) is 6.54 Å². The molecule has 1 N–H and O–H groups in total. The van der Waals surface area contributed by atoms with Crippen molar-refractivity contribution < 1.29 is 0 Å². The first-order chi connectivity index (χ1) is 7.83. The summed E-state index contributed by atoms with van der Waals surface area (Å²) in [6.45, 7) is 4.39. The second kappa shape index (κ2) is 8.65. The Morgan fingerprint density at radius 2 is 2.31 bits per heavy atom. The van der Waals surface area contributed by atoms with Crippen molar-refractivity contribution in [2.24, 2.45) is 0 Å². The average molecular weight is 241 g/mol. The number of unbranched alkanes of at least 4 members (excludes halogenated alkanes) is 1. The molecular weight excluding hydrogens is 218 g/mol. The van der Waals surface area contributed by atoms with Crippen LogP contribution in [0.15, 0.2) is 18.5 Å². The number of aromatic nitrogens is 2. The van der Waals surface area contributed by atoms with Gasteiger partial charge in [-0.1, -0.05) is 0 Å². The van der Waals surface area contributed by atoms with Gasteiger partial charge in [-0.2, -0.15) is 16.9 Å². The standard InChI is InChI=1S/C12H23N3S/c1-12(13-7-3-4-11-16-2)6-10-15-9-5-8-14-15/h5,8-9,12-13H,3-4,6-7,10-11H2,1-2H3. The first-order valence-corrected chi connectivity index (χ1v) is 7.42. The maximum Gasteiger partial charge on any atom is 0.0489 e. The number of nitrogens with one attached hydrogen (secondary N) is 1. The highest BCUT2D eigenvalue weighted by Crippen LogP contribution is 1.99. The number of hydrogen-bond acceptors (Lipinski definition) is 3. The molecule has 1 atom stereocenters. The van der Waals surface area contributed by atoms with Crippen LogP contribution < -0.4 is 5.32 Å². The zero-order chi connectivity index (χ0) is 11.6. The highest BCUT2D eigenvalue weighted by atomic mass is 32.2. The molecule has 0 bridgehead atoms. The Hall–Kier alpha value is -0.480. The summed E-state index contributed by atoms with van der Waals surface area (Å²) in [5.74, 6) is 1.28. The van der Waals surface area contributed by atoms with Crippen molar-refractivity contribution in [3.05, 3.63) is 18.5 Å². The molecule has 1 heterocycles. The van der Waals surface area contributed by atoms with E-state index in [9.17, 15) is 0 Å². The highest BCUT2D eigenvalue weighted by Gasteiger charge is 2.01. The van der Waals surface area contributed by atoms with Gasteiger partial charge in [-0.15, -0.1) is 0 Å². The van der Waals surface area contributed by atoms with Gasteiger partial charge >= 0.3 is 0 Å². The van der Waals surface area contributed by atoms with Crippen molar-refractivity contribution in [3.8, 4) is 0 Å². The van der Waals surface area contributed by atoms with Crippen molar-refractivity contribution in [3.63, 3.8) is 0 Å². The van der Waals surface area contributed by atoms with Gasteiger partial charge in [0.25, 0.3) is 0 Å². The van der Waals surface area contributed by atoms with Crippen LogP contribution >= 0.6 is 11.8 Å². The lowest BCUT2D eigenvalue weighted by Gasteiger charge is -2.13. The van der Waals surface area contributed by atoms with Gasteiger partial charge in [0.15, 0.2) is 0 Å². The maximum atomic E-state index is 4.20. The molecule has 0 saturated heterocycles. The predicted octanol–water partition coefficient (Wildman–Crippen LogP) is 2.39. The molecule has 1 rings (SSSR count). The van der Waals surface area contributed by atoms with E-state index < -0.39 is 0 Å². The summed E-state index contributed by atoms with van der Waals surface area (Å²) in [6, 6.07) is 2.55. The summed E-state index contributed by atoms with van der Waals surface area (Å²) < 4.78 is 1.99. The number of hydrogen-bond donors (Lipinski definition) is 1. The van der Waals surface area contributed by atoms with Gasteiger partial charge in [0.2, 0.25) is 0 Å². The van der Waals surface area contributed by atoms with Crippen molar-refractivity contribution in [1.82, 2.24) is 15.1 Å². The van der Waals surface area contributed by atoms with E-state index in [2.05, 4.69) is 23.6 Å². The molecule has 4 heteroatoms. The topological polar surface area (TPSA) is 29.9 Å². The van der Waals surface area contributed by atoms with E-state index in [1.165, 1.54) is 18.6 Å². The molecule has 1 aromatic rings. The van der Waals surface area contributed by atoms with E-state index in [1.54, 1.807) is 0 Å². The summed E-state index contributed by atoms with van der Waals surface area (Å²) in [6.07, 6.45) is 9.77. The van der Waals surface area contributed by atoms with E-state index in [1.807, 2.05) is 34.9 Å². The summed E-state index contributed by atoms with van der Waals surface area (Å²) in [5, 5.41) is 7.75. The smallest absolute Gasteiger partial charge is 0.0489 e. The number of thioether (sulfide) groups is 1. The molecule has 0 spiro atoms. The van der Waals surface area contributed by atoms with Gasteiger partial charge in [-0.3, -0.25) is 4.68 Å². The molecule has 1 aromatic heterocycles. The first-order valence-electron chi connectivity index (χ1n) is 6.02. The molecule has 0 aliphatic rings. The fraction of sp³-hybridized carbons (Fsp3) is 0.750. The van der Waals surface area contributed by atoms with Crippen molar-refractivity contribution >= 4 is 11.8 Å². The fourth-order valence-electron chi connectivity index (χ4n) is 1.58. The van der Waals surface area contributed by atoms with Crippen LogP contribution in [0.25, 0.3) is 0 Å². The minimum atomic E-state index is 0.582. The number of aryl methyl sites for hydroxylation is 1. The third-order valence-electron chi connectivity index (χ3n) is 2.62. The van der Waals surface area contributed by atoms with E-state index in [4.69, 9.17) is 0 Å². The maximum absolute atomic E-state index is 4.20. The Morgan fingerprint density at radius 1 is 1.44 bits per heavy atom. The SMILES string of the molecule is CSCCCCNC(C)CCn1cccn1. The van der Waals surface area contributed by atoms with Crippen molar-refractivity contribution in [1.29, 1.82) is 0 Å². The zero-order valence-electron chi connectivity index (χ0n) is 10.4. The number of nitrogens with zero attached hydrogens (tertiary/aromatic N) is 2. The molecular formula is C12H23N3S. The Balaban J connectivity index is 1.96. The van der Waals surface area contributed by atoms with Crippen molar-refractivity contribution in [2.75, 3.05) is 18.6 Å². The third-order valence-corrected chi connectivity index (χ3v) is 3.32. The minimum absolute atomic E-state index is 0.582. The Morgan fingerprint density at radius 3 is 3.00 bits per heavy atom. The minimum Gasteiger partial charge on any atom is -0.314 e. The third kappa shape index (κ3) is 6.18. The zero-order valence-corrected chi connectivity index (χ0v) is 11.2. The Kier molecular flexibility index (Phi) is 7.34. The highest BCUT2D eigenvalue weighted by molar-refractivity contribution is 7.98. The summed E-state index contributed by atoms with van der Waals surface area (Å²) in [7, 11) is 0. The normalized spacial score (nSPS) is 12.9. The summed E-state index contributed by atoms with van der Waals surface area (Å²) >= 11 is 1.93. The van der Waals surface area contributed by atoms with Gasteiger partial charge in [-0.25, -0.2) is 0 Å². The largest absolute Gasteiger partial charge is 0.314 e. The van der Waals surface area contributed by atoms with Gasteiger partial charge < -0.3 is 5.32 Å². The van der Waals surface area contributed by atoms with E-state index in [-0.39, 0.29) is 0 Å². The van der Waals surface area contributed by atoms with Crippen LogP contribution in [0.3, 0.4) is 0 Å². The average Bonchev–Trinajstić information content (AvgIpc) is 2.79. The molecule has 0 aliphatic carbocycles. The quantitative estimate of drug-likeness (QED) is 0.673. The second-order valence-electron chi connectivity index (χ2n) is 4.11. The number of rotatable bonds is 9. The van der Waals surface area contributed by atoms with E-state index >= 15 is 0 Å². The van der Waals surface area contributed by atoms with Crippen LogP contribution in [0.2, 0.25) is 0 Å². The Bertz CT molecular complexity index is 249. The molecule has 0 aromatic carbocycles. The molecule has 0 amide bonds. The van der Waals surface area contributed by atoms with Gasteiger partial charge in [0, 0.05) is 25.0 Å². The monoisotopic (exact) mass is 241 g/mol. The molecule has 1 unspecified atom stereocenters. The van der Waals surface area contributed by atoms with Crippen LogP contribution in [0.1, 0.15) is 26.2 Å². The summed E-state index contributed by atoms with van der Waals surface area (Å²) in [4.78, 5) is 0. The van der Waals surface area contributed by atoms with Crippen molar-refractivity contribution in [2.45, 2.75) is 38.8 Å². The molecule has 92 valence electrons. The molecule has 0 fully saturated rings. The lowest BCUT2D eigenvalue weighted by atomic mass is 10.2. The second-order valence-corrected chi connectivity index (χ2v) is 5.10. The first kappa shape index (κ1) is 13.6. The molecule has 0 aliphatic heterocycles. The predicted molar refractivity (Wildman–Crippen MR) is 71.9 cm³/mol. The molecule has 3 nitrogen and oxygen atoms in total. The van der Waals surface area contributed by atoms with E-state index in [0.717, 1.165) is 19.5 Å². The van der Waals surface area contributed by atoms with E-state index in [0.29, 0.717) is 6.04 Å². The van der Waals surface area contributed by atoms with Crippen LogP contribution in [0.5, 0.6) is 0 Å². The lowest BCUT2D eigenvalue weighted by molar-refractivity contribution is 0.455. The lowest BCUT2D eigenvalue weighted by Crippen LogP contribution is -2.28.